The lowest BCUT2D eigenvalue weighted by Crippen LogP contribution is -1.96. The molecule has 0 fully saturated rings. The zero-order chi connectivity index (χ0) is 12.4. The van der Waals surface area contributed by atoms with Crippen LogP contribution in [0.25, 0.3) is 5.57 Å². The molecule has 0 aliphatic heterocycles. The molecule has 2 aromatic carbocycles. The van der Waals surface area contributed by atoms with E-state index in [0.29, 0.717) is 16.8 Å². The molecule has 2 rings (SSSR count). The Hall–Kier alpha value is -1.61. The van der Waals surface area contributed by atoms with E-state index in [1.807, 2.05) is 12.1 Å². The highest BCUT2D eigenvalue weighted by molar-refractivity contribution is 9.10. The molecule has 86 valence electrons. The number of nitrogens with two attached hydrogens (primary N) is 1. The molecule has 2 aromatic rings. The summed E-state index contributed by atoms with van der Waals surface area (Å²) < 4.78 is 14.5. The van der Waals surface area contributed by atoms with Crippen molar-refractivity contribution in [1.82, 2.24) is 0 Å². The van der Waals surface area contributed by atoms with Gasteiger partial charge in [0, 0.05) is 21.3 Å². The van der Waals surface area contributed by atoms with E-state index in [2.05, 4.69) is 22.5 Å². The quantitative estimate of drug-likeness (QED) is 0.823. The standard InChI is InChI=1S/C14H11BrFN/c1-9(11-4-2-3-5-13(11)16)12-8-10(15)6-7-14(12)17/h2-8H,1,17H2. The van der Waals surface area contributed by atoms with Gasteiger partial charge in [0.1, 0.15) is 5.82 Å². The molecule has 0 spiro atoms. The largest absolute Gasteiger partial charge is 0.398 e. The van der Waals surface area contributed by atoms with Crippen molar-refractivity contribution in [2.24, 2.45) is 0 Å². The summed E-state index contributed by atoms with van der Waals surface area (Å²) in [5.74, 6) is -0.295. The molecule has 0 atom stereocenters. The van der Waals surface area contributed by atoms with Crippen LogP contribution in [0.15, 0.2) is 53.5 Å². The third kappa shape index (κ3) is 2.39. The molecule has 0 unspecified atom stereocenters. The molecule has 0 heterocycles. The highest BCUT2D eigenvalue weighted by atomic mass is 79.9. The minimum atomic E-state index is -0.295. The van der Waals surface area contributed by atoms with Crippen LogP contribution in [-0.2, 0) is 0 Å². The van der Waals surface area contributed by atoms with Gasteiger partial charge in [-0.15, -0.1) is 0 Å². The summed E-state index contributed by atoms with van der Waals surface area (Å²) in [6.07, 6.45) is 0. The van der Waals surface area contributed by atoms with Gasteiger partial charge in [-0.2, -0.15) is 0 Å². The van der Waals surface area contributed by atoms with Crippen molar-refractivity contribution in [3.63, 3.8) is 0 Å². The number of hydrogen-bond donors (Lipinski definition) is 1. The lowest BCUT2D eigenvalue weighted by atomic mass is 9.98. The van der Waals surface area contributed by atoms with Gasteiger partial charge in [-0.1, -0.05) is 40.7 Å². The topological polar surface area (TPSA) is 26.0 Å². The molecule has 3 heteroatoms. The van der Waals surface area contributed by atoms with Gasteiger partial charge in [-0.05, 0) is 29.8 Å². The molecule has 2 N–H and O–H groups in total. The Kier molecular flexibility index (Phi) is 3.29. The molecular weight excluding hydrogens is 281 g/mol. The molecule has 1 nitrogen and oxygen atoms in total. The summed E-state index contributed by atoms with van der Waals surface area (Å²) in [5, 5.41) is 0. The minimum Gasteiger partial charge on any atom is -0.398 e. The fraction of sp³-hybridized carbons (Fsp3) is 0. The van der Waals surface area contributed by atoms with Crippen LogP contribution in [0, 0.1) is 5.82 Å². The maximum Gasteiger partial charge on any atom is 0.131 e. The second kappa shape index (κ2) is 4.72. The highest BCUT2D eigenvalue weighted by Gasteiger charge is 2.10. The van der Waals surface area contributed by atoms with Crippen molar-refractivity contribution in [3.05, 3.63) is 70.5 Å². The first-order valence-electron chi connectivity index (χ1n) is 5.09. The molecule has 0 saturated carbocycles. The van der Waals surface area contributed by atoms with Gasteiger partial charge in [0.05, 0.1) is 0 Å². The number of rotatable bonds is 2. The van der Waals surface area contributed by atoms with E-state index < -0.39 is 0 Å². The number of anilines is 1. The molecule has 0 saturated heterocycles. The molecule has 17 heavy (non-hydrogen) atoms. The van der Waals surface area contributed by atoms with Crippen LogP contribution in [0.5, 0.6) is 0 Å². The van der Waals surface area contributed by atoms with E-state index in [4.69, 9.17) is 5.73 Å². The van der Waals surface area contributed by atoms with Crippen molar-refractivity contribution >= 4 is 27.2 Å². The molecule has 0 aliphatic carbocycles. The lowest BCUT2D eigenvalue weighted by molar-refractivity contribution is 0.624. The van der Waals surface area contributed by atoms with Gasteiger partial charge in [0.15, 0.2) is 0 Å². The Labute approximate surface area is 108 Å². The molecule has 0 amide bonds. The number of hydrogen-bond acceptors (Lipinski definition) is 1. The second-order valence-corrected chi connectivity index (χ2v) is 4.61. The van der Waals surface area contributed by atoms with Gasteiger partial charge in [-0.25, -0.2) is 4.39 Å². The minimum absolute atomic E-state index is 0.295. The van der Waals surface area contributed by atoms with Crippen molar-refractivity contribution in [2.45, 2.75) is 0 Å². The van der Waals surface area contributed by atoms with Crippen LogP contribution >= 0.6 is 15.9 Å². The summed E-state index contributed by atoms with van der Waals surface area (Å²) in [6, 6.07) is 12.0. The van der Waals surface area contributed by atoms with E-state index in [1.54, 1.807) is 24.3 Å². The van der Waals surface area contributed by atoms with Crippen molar-refractivity contribution in [1.29, 1.82) is 0 Å². The Balaban J connectivity index is 2.51. The average Bonchev–Trinajstić information content (AvgIpc) is 2.32. The van der Waals surface area contributed by atoms with E-state index in [-0.39, 0.29) is 5.82 Å². The van der Waals surface area contributed by atoms with Crippen LogP contribution in [0.3, 0.4) is 0 Å². The zero-order valence-electron chi connectivity index (χ0n) is 9.08. The Bertz CT molecular complexity index is 578. The van der Waals surface area contributed by atoms with Gasteiger partial charge < -0.3 is 5.73 Å². The smallest absolute Gasteiger partial charge is 0.131 e. The molecule has 0 bridgehead atoms. The van der Waals surface area contributed by atoms with Crippen LogP contribution in [-0.4, -0.2) is 0 Å². The summed E-state index contributed by atoms with van der Waals surface area (Å²) in [6.45, 7) is 3.92. The molecule has 0 aliphatic rings. The Morgan fingerprint density at radius 1 is 1.12 bits per heavy atom. The maximum atomic E-state index is 13.6. The van der Waals surface area contributed by atoms with Crippen molar-refractivity contribution < 1.29 is 4.39 Å². The van der Waals surface area contributed by atoms with Crippen LogP contribution < -0.4 is 5.73 Å². The van der Waals surface area contributed by atoms with Crippen LogP contribution in [0.4, 0.5) is 10.1 Å². The van der Waals surface area contributed by atoms with Crippen LogP contribution in [0.1, 0.15) is 11.1 Å². The molecular formula is C14H11BrFN. The van der Waals surface area contributed by atoms with E-state index in [1.165, 1.54) is 6.07 Å². The van der Waals surface area contributed by atoms with E-state index in [0.717, 1.165) is 10.0 Å². The molecule has 0 radical (unpaired) electrons. The van der Waals surface area contributed by atoms with Gasteiger partial charge in [0.25, 0.3) is 0 Å². The SMILES string of the molecule is C=C(c1cc(Br)ccc1N)c1ccccc1F. The number of nitrogen functional groups attached to an aromatic ring is 1. The fourth-order valence-electron chi connectivity index (χ4n) is 1.64. The first-order chi connectivity index (χ1) is 8.09. The van der Waals surface area contributed by atoms with Gasteiger partial charge >= 0.3 is 0 Å². The lowest BCUT2D eigenvalue weighted by Gasteiger charge is -2.10. The van der Waals surface area contributed by atoms with Crippen molar-refractivity contribution in [2.75, 3.05) is 5.73 Å². The monoisotopic (exact) mass is 291 g/mol. The number of benzene rings is 2. The highest BCUT2D eigenvalue weighted by Crippen LogP contribution is 2.30. The summed E-state index contributed by atoms with van der Waals surface area (Å²) in [4.78, 5) is 0. The average molecular weight is 292 g/mol. The Morgan fingerprint density at radius 3 is 2.53 bits per heavy atom. The summed E-state index contributed by atoms with van der Waals surface area (Å²) in [7, 11) is 0. The molecule has 0 aromatic heterocycles. The summed E-state index contributed by atoms with van der Waals surface area (Å²) in [5.41, 5.74) is 8.25. The normalized spacial score (nSPS) is 10.2. The summed E-state index contributed by atoms with van der Waals surface area (Å²) >= 11 is 3.37. The maximum absolute atomic E-state index is 13.6. The predicted molar refractivity (Wildman–Crippen MR) is 73.1 cm³/mol. The van der Waals surface area contributed by atoms with Crippen LogP contribution in [0.2, 0.25) is 0 Å². The second-order valence-electron chi connectivity index (χ2n) is 3.69. The van der Waals surface area contributed by atoms with E-state index in [9.17, 15) is 4.39 Å². The fourth-order valence-corrected chi connectivity index (χ4v) is 2.00. The van der Waals surface area contributed by atoms with Crippen molar-refractivity contribution in [3.8, 4) is 0 Å². The third-order valence-corrected chi connectivity index (χ3v) is 3.03. The van der Waals surface area contributed by atoms with Gasteiger partial charge in [-0.3, -0.25) is 0 Å². The first kappa shape index (κ1) is 11.9. The van der Waals surface area contributed by atoms with E-state index >= 15 is 0 Å². The van der Waals surface area contributed by atoms with Gasteiger partial charge in [0.2, 0.25) is 0 Å². The Morgan fingerprint density at radius 2 is 1.82 bits per heavy atom. The third-order valence-electron chi connectivity index (χ3n) is 2.54. The number of halogens is 2. The first-order valence-corrected chi connectivity index (χ1v) is 5.88. The zero-order valence-corrected chi connectivity index (χ0v) is 10.7. The predicted octanol–water partition coefficient (Wildman–Crippen LogP) is 4.23.